The average molecular weight is 207 g/mol. The zero-order chi connectivity index (χ0) is 10.9. The molecule has 1 aliphatic rings. The van der Waals surface area contributed by atoms with E-state index in [1.165, 1.54) is 5.56 Å². The van der Waals surface area contributed by atoms with Gasteiger partial charge in [-0.1, -0.05) is 24.3 Å². The summed E-state index contributed by atoms with van der Waals surface area (Å²) in [6.45, 7) is 0.582. The topological polar surface area (TPSA) is 78.2 Å². The maximum Gasteiger partial charge on any atom is 0.356 e. The number of nitrogens with zero attached hydrogens (tertiary/aromatic N) is 1. The van der Waals surface area contributed by atoms with Gasteiger partial charge in [-0.3, -0.25) is 0 Å². The lowest BCUT2D eigenvalue weighted by Crippen LogP contribution is -2.59. The maximum atomic E-state index is 12.0. The van der Waals surface area contributed by atoms with Crippen molar-refractivity contribution >= 4 is 6.03 Å². The number of amides is 2. The molecular weight excluding hydrogens is 194 g/mol. The molecule has 3 N–H and O–H groups in total. The number of nitrogens with two attached hydrogens (primary N) is 1. The van der Waals surface area contributed by atoms with E-state index in [9.17, 15) is 10.0 Å². The summed E-state index contributed by atoms with van der Waals surface area (Å²) in [5, 5.41) is 12.0. The van der Waals surface area contributed by atoms with Crippen LogP contribution in [0.5, 0.6) is 0 Å². The standard InChI is InChI=1S/C10H13N3O2/c11-10(14)12-13(15)6-5-8-3-1-2-4-9(8)7-13/h1-4H,5-7H2,(H3,11,12,14). The number of hydrogen-bond acceptors (Lipinski definition) is 2. The minimum Gasteiger partial charge on any atom is -0.606 e. The van der Waals surface area contributed by atoms with Crippen molar-refractivity contribution in [2.45, 2.75) is 13.0 Å². The second kappa shape index (κ2) is 3.52. The van der Waals surface area contributed by atoms with Crippen LogP contribution in [0.15, 0.2) is 24.3 Å². The molecule has 1 atom stereocenters. The lowest BCUT2D eigenvalue weighted by atomic mass is 10.0. The molecule has 0 spiro atoms. The monoisotopic (exact) mass is 207 g/mol. The highest BCUT2D eigenvalue weighted by Gasteiger charge is 2.26. The molecule has 1 aromatic carbocycles. The molecule has 0 radical (unpaired) electrons. The third-order valence-corrected chi connectivity index (χ3v) is 2.60. The van der Waals surface area contributed by atoms with Gasteiger partial charge in [-0.2, -0.15) is 5.43 Å². The number of carbonyl (C=O) groups excluding carboxylic acids is 1. The van der Waals surface area contributed by atoms with E-state index in [-0.39, 0.29) is 6.54 Å². The molecule has 0 saturated carbocycles. The minimum absolute atomic E-state index is 0.249. The number of benzene rings is 1. The predicted molar refractivity (Wildman–Crippen MR) is 55.1 cm³/mol. The van der Waals surface area contributed by atoms with Crippen molar-refractivity contribution < 1.29 is 9.55 Å². The summed E-state index contributed by atoms with van der Waals surface area (Å²) in [5.41, 5.74) is 9.34. The van der Waals surface area contributed by atoms with Gasteiger partial charge in [0.2, 0.25) is 0 Å². The SMILES string of the molecule is NC(=O)N[N+]1([O-])CCc2ccccc2C1. The van der Waals surface area contributed by atoms with Crippen molar-refractivity contribution in [1.82, 2.24) is 5.43 Å². The Labute approximate surface area is 87.6 Å². The molecular formula is C10H13N3O2. The van der Waals surface area contributed by atoms with E-state index in [2.05, 4.69) is 5.43 Å². The number of nitrogens with one attached hydrogen (secondary N) is 1. The number of fused-ring (bicyclic) bond motifs is 1. The Hall–Kier alpha value is -1.59. The van der Waals surface area contributed by atoms with Crippen molar-refractivity contribution in [1.29, 1.82) is 0 Å². The van der Waals surface area contributed by atoms with Crippen LogP contribution >= 0.6 is 0 Å². The van der Waals surface area contributed by atoms with Crippen molar-refractivity contribution in [3.05, 3.63) is 40.6 Å². The number of urea groups is 1. The summed E-state index contributed by atoms with van der Waals surface area (Å²) < 4.78 is -0.758. The van der Waals surface area contributed by atoms with Crippen molar-refractivity contribution in [2.24, 2.45) is 5.73 Å². The second-order valence-corrected chi connectivity index (χ2v) is 3.77. The van der Waals surface area contributed by atoms with Crippen molar-refractivity contribution in [3.8, 4) is 0 Å². The van der Waals surface area contributed by atoms with Gasteiger partial charge in [-0.05, 0) is 5.56 Å². The van der Waals surface area contributed by atoms with Crippen LogP contribution in [0.3, 0.4) is 0 Å². The highest BCUT2D eigenvalue weighted by Crippen LogP contribution is 2.21. The van der Waals surface area contributed by atoms with Gasteiger partial charge in [0.1, 0.15) is 13.1 Å². The second-order valence-electron chi connectivity index (χ2n) is 3.77. The lowest BCUT2D eigenvalue weighted by Gasteiger charge is -2.43. The predicted octanol–water partition coefficient (Wildman–Crippen LogP) is 0.641. The Balaban J connectivity index is 2.21. The number of carbonyl (C=O) groups is 1. The molecule has 1 aromatic rings. The Morgan fingerprint density at radius 2 is 2.07 bits per heavy atom. The molecule has 80 valence electrons. The molecule has 2 rings (SSSR count). The summed E-state index contributed by atoms with van der Waals surface area (Å²) in [7, 11) is 0. The lowest BCUT2D eigenvalue weighted by molar-refractivity contribution is -0.929. The van der Waals surface area contributed by atoms with Crippen molar-refractivity contribution in [2.75, 3.05) is 6.54 Å². The fraction of sp³-hybridized carbons (Fsp3) is 0.300. The first-order chi connectivity index (χ1) is 7.09. The van der Waals surface area contributed by atoms with Crippen LogP contribution in [-0.4, -0.2) is 17.3 Å². The third kappa shape index (κ3) is 2.08. The zero-order valence-corrected chi connectivity index (χ0v) is 8.27. The minimum atomic E-state index is -0.774. The first-order valence-electron chi connectivity index (χ1n) is 4.82. The van der Waals surface area contributed by atoms with Crippen LogP contribution in [0.25, 0.3) is 0 Å². The van der Waals surface area contributed by atoms with Crippen molar-refractivity contribution in [3.63, 3.8) is 0 Å². The Kier molecular flexibility index (Phi) is 2.34. The smallest absolute Gasteiger partial charge is 0.356 e. The fourth-order valence-electron chi connectivity index (χ4n) is 1.91. The van der Waals surface area contributed by atoms with Crippen LogP contribution in [0.1, 0.15) is 11.1 Å². The Morgan fingerprint density at radius 1 is 1.40 bits per heavy atom. The summed E-state index contributed by atoms with van der Waals surface area (Å²) in [5.74, 6) is 0. The molecule has 0 bridgehead atoms. The molecule has 1 heterocycles. The number of rotatable bonds is 1. The van der Waals surface area contributed by atoms with E-state index < -0.39 is 10.8 Å². The molecule has 1 aliphatic heterocycles. The Bertz CT molecular complexity index is 394. The Morgan fingerprint density at radius 3 is 2.73 bits per heavy atom. The van der Waals surface area contributed by atoms with Gasteiger partial charge in [0.25, 0.3) is 0 Å². The molecule has 5 nitrogen and oxygen atoms in total. The highest BCUT2D eigenvalue weighted by molar-refractivity contribution is 5.70. The molecule has 5 heteroatoms. The summed E-state index contributed by atoms with van der Waals surface area (Å²) in [6.07, 6.45) is 0.667. The molecule has 1 unspecified atom stereocenters. The van der Waals surface area contributed by atoms with E-state index in [0.717, 1.165) is 5.56 Å². The summed E-state index contributed by atoms with van der Waals surface area (Å²) in [4.78, 5) is 10.7. The van der Waals surface area contributed by atoms with E-state index in [1.807, 2.05) is 24.3 Å². The average Bonchev–Trinajstić information content (AvgIpc) is 2.15. The quantitative estimate of drug-likeness (QED) is 0.523. The van der Waals surface area contributed by atoms with E-state index in [4.69, 9.17) is 5.73 Å². The summed E-state index contributed by atoms with van der Waals surface area (Å²) in [6, 6.07) is 6.97. The maximum absolute atomic E-state index is 12.0. The first-order valence-corrected chi connectivity index (χ1v) is 4.82. The van der Waals surface area contributed by atoms with Gasteiger partial charge < -0.3 is 10.9 Å². The van der Waals surface area contributed by atoms with Crippen LogP contribution in [0, 0.1) is 5.21 Å². The molecule has 0 aliphatic carbocycles. The fourth-order valence-corrected chi connectivity index (χ4v) is 1.91. The van der Waals surface area contributed by atoms with Gasteiger partial charge >= 0.3 is 6.03 Å². The summed E-state index contributed by atoms with van der Waals surface area (Å²) >= 11 is 0. The first kappa shape index (κ1) is 9.95. The van der Waals surface area contributed by atoms with E-state index in [0.29, 0.717) is 13.0 Å². The number of primary amides is 1. The molecule has 0 aromatic heterocycles. The normalized spacial score (nSPS) is 24.3. The zero-order valence-electron chi connectivity index (χ0n) is 8.27. The van der Waals surface area contributed by atoms with Gasteiger partial charge in [0, 0.05) is 12.0 Å². The van der Waals surface area contributed by atoms with Crippen LogP contribution in [-0.2, 0) is 13.0 Å². The van der Waals surface area contributed by atoms with Crippen LogP contribution in [0.2, 0.25) is 0 Å². The van der Waals surface area contributed by atoms with Crippen LogP contribution in [0.4, 0.5) is 4.79 Å². The molecule has 0 fully saturated rings. The molecule has 2 amide bonds. The van der Waals surface area contributed by atoms with E-state index in [1.54, 1.807) is 0 Å². The highest BCUT2D eigenvalue weighted by atomic mass is 16.6. The number of hydroxylamine groups is 2. The largest absolute Gasteiger partial charge is 0.606 e. The van der Waals surface area contributed by atoms with Gasteiger partial charge in [-0.25, -0.2) is 9.55 Å². The van der Waals surface area contributed by atoms with E-state index >= 15 is 0 Å². The van der Waals surface area contributed by atoms with Gasteiger partial charge in [0.05, 0.1) is 0 Å². The van der Waals surface area contributed by atoms with Gasteiger partial charge in [-0.15, -0.1) is 0 Å². The molecule has 15 heavy (non-hydrogen) atoms. The van der Waals surface area contributed by atoms with Gasteiger partial charge in [0.15, 0.2) is 0 Å². The number of quaternary nitrogens is 1. The third-order valence-electron chi connectivity index (χ3n) is 2.60. The molecule has 0 saturated heterocycles. The number of hydrogen-bond donors (Lipinski definition) is 2. The van der Waals surface area contributed by atoms with Crippen LogP contribution < -0.4 is 11.2 Å².